The van der Waals surface area contributed by atoms with E-state index >= 15 is 0 Å². The zero-order valence-electron chi connectivity index (χ0n) is 25.4. The number of nitrogens with zero attached hydrogens (tertiary/aromatic N) is 3. The molecule has 0 radical (unpaired) electrons. The molecule has 0 aliphatic carbocycles. The van der Waals surface area contributed by atoms with Gasteiger partial charge in [-0.3, -0.25) is 4.79 Å². The minimum absolute atomic E-state index is 0.183. The number of nitrogens with one attached hydrogen (secondary N) is 1. The zero-order valence-corrected chi connectivity index (χ0v) is 26.2. The van der Waals surface area contributed by atoms with Gasteiger partial charge in [-0.05, 0) is 119 Å². The first-order valence-electron chi connectivity index (χ1n) is 15.9. The molecule has 6 nitrogen and oxygen atoms in total. The van der Waals surface area contributed by atoms with E-state index in [0.717, 1.165) is 81.4 Å². The van der Waals surface area contributed by atoms with Crippen LogP contribution in [-0.2, 0) is 24.4 Å². The number of carbonyl (C=O) groups is 1. The zero-order chi connectivity index (χ0) is 29.9. The lowest BCUT2D eigenvalue weighted by molar-refractivity contribution is -0.121. The Labute approximate surface area is 261 Å². The highest BCUT2D eigenvalue weighted by Crippen LogP contribution is 2.26. The average molecular weight is 601 g/mol. The normalized spacial score (nSPS) is 14.3. The molecule has 5 rings (SSSR count). The minimum atomic E-state index is 0.183. The number of likely N-dealkylation sites (tertiary alicyclic amines) is 1. The number of piperidine rings is 1. The molecule has 0 saturated carbocycles. The Hall–Kier alpha value is -3.35. The van der Waals surface area contributed by atoms with E-state index in [9.17, 15) is 4.79 Å². The monoisotopic (exact) mass is 600 g/mol. The maximum Gasteiger partial charge on any atom is 0.220 e. The smallest absolute Gasteiger partial charge is 0.220 e. The summed E-state index contributed by atoms with van der Waals surface area (Å²) in [6.07, 6.45) is 8.37. The van der Waals surface area contributed by atoms with Crippen molar-refractivity contribution < 1.29 is 9.53 Å². The van der Waals surface area contributed by atoms with E-state index in [1.54, 1.807) is 0 Å². The SMILES string of the molecule is Cc1cccc2c1nc(COc1ccc(Cl)cc1)n2CCCC1CCN(CCCC(=O)NCCCc2ccccc2)CC1. The van der Waals surface area contributed by atoms with Crippen LogP contribution in [-0.4, -0.2) is 46.5 Å². The minimum Gasteiger partial charge on any atom is -0.486 e. The van der Waals surface area contributed by atoms with E-state index in [-0.39, 0.29) is 5.91 Å². The first kappa shape index (κ1) is 31.1. The van der Waals surface area contributed by atoms with Crippen LogP contribution in [0.3, 0.4) is 0 Å². The van der Waals surface area contributed by atoms with Crippen molar-refractivity contribution in [1.29, 1.82) is 0 Å². The van der Waals surface area contributed by atoms with Gasteiger partial charge >= 0.3 is 0 Å². The maximum absolute atomic E-state index is 12.3. The van der Waals surface area contributed by atoms with Gasteiger partial charge in [-0.25, -0.2) is 4.98 Å². The van der Waals surface area contributed by atoms with Crippen molar-refractivity contribution in [3.8, 4) is 5.75 Å². The molecule has 43 heavy (non-hydrogen) atoms. The molecule has 0 unspecified atom stereocenters. The number of para-hydroxylation sites is 1. The van der Waals surface area contributed by atoms with Gasteiger partial charge in [0.25, 0.3) is 0 Å². The third kappa shape index (κ3) is 9.32. The maximum atomic E-state index is 12.3. The second kappa shape index (κ2) is 15.9. The van der Waals surface area contributed by atoms with E-state index in [2.05, 4.69) is 64.2 Å². The molecule has 2 heterocycles. The summed E-state index contributed by atoms with van der Waals surface area (Å²) in [5.41, 5.74) is 4.77. The Bertz CT molecular complexity index is 1430. The molecule has 1 N–H and O–H groups in total. The van der Waals surface area contributed by atoms with Gasteiger partial charge in [-0.1, -0.05) is 54.1 Å². The standard InChI is InChI=1S/C36H45ClN4O2/c1-28-9-5-14-33-36(28)39-34(27-43-32-18-16-31(37)17-19-32)41(33)24-7-13-30-20-25-40(26-21-30)23-8-15-35(42)38-22-6-12-29-10-3-2-4-11-29/h2-5,9-11,14,16-19,30H,6-8,12-13,15,20-27H2,1H3,(H,38,42). The number of rotatable bonds is 15. The summed E-state index contributed by atoms with van der Waals surface area (Å²) in [5, 5.41) is 3.79. The molecule has 4 aromatic rings. The summed E-state index contributed by atoms with van der Waals surface area (Å²) in [6.45, 7) is 7.54. The van der Waals surface area contributed by atoms with Crippen LogP contribution in [0.25, 0.3) is 11.0 Å². The second-order valence-corrected chi connectivity index (χ2v) is 12.3. The molecule has 0 spiro atoms. The number of halogens is 1. The number of fused-ring (bicyclic) bond motifs is 1. The number of aromatic nitrogens is 2. The van der Waals surface area contributed by atoms with Gasteiger partial charge in [0.1, 0.15) is 18.2 Å². The molecule has 7 heteroatoms. The van der Waals surface area contributed by atoms with Crippen molar-refractivity contribution in [2.24, 2.45) is 5.92 Å². The van der Waals surface area contributed by atoms with E-state index < -0.39 is 0 Å². The summed E-state index contributed by atoms with van der Waals surface area (Å²) in [4.78, 5) is 19.8. The van der Waals surface area contributed by atoms with Crippen molar-refractivity contribution in [2.75, 3.05) is 26.2 Å². The molecule has 1 fully saturated rings. The quantitative estimate of drug-likeness (QED) is 0.143. The van der Waals surface area contributed by atoms with Crippen molar-refractivity contribution in [2.45, 2.75) is 71.4 Å². The molecular weight excluding hydrogens is 556 g/mol. The van der Waals surface area contributed by atoms with Crippen LogP contribution in [0.4, 0.5) is 0 Å². The van der Waals surface area contributed by atoms with Gasteiger partial charge in [0, 0.05) is 24.5 Å². The third-order valence-electron chi connectivity index (χ3n) is 8.63. The molecule has 1 aliphatic heterocycles. The van der Waals surface area contributed by atoms with Crippen molar-refractivity contribution in [3.05, 3.63) is 94.8 Å². The average Bonchev–Trinajstić information content (AvgIpc) is 3.39. The number of ether oxygens (including phenoxy) is 1. The molecular formula is C36H45ClN4O2. The molecule has 1 aliphatic rings. The van der Waals surface area contributed by atoms with Gasteiger partial charge in [0.15, 0.2) is 0 Å². The van der Waals surface area contributed by atoms with Gasteiger partial charge < -0.3 is 19.5 Å². The van der Waals surface area contributed by atoms with E-state index in [1.165, 1.54) is 35.9 Å². The number of amides is 1. The van der Waals surface area contributed by atoms with Gasteiger partial charge in [-0.2, -0.15) is 0 Å². The highest BCUT2D eigenvalue weighted by Gasteiger charge is 2.20. The largest absolute Gasteiger partial charge is 0.486 e. The third-order valence-corrected chi connectivity index (χ3v) is 8.88. The number of benzene rings is 3. The van der Waals surface area contributed by atoms with Crippen LogP contribution in [0.1, 0.15) is 61.9 Å². The first-order valence-corrected chi connectivity index (χ1v) is 16.3. The predicted molar refractivity (Wildman–Crippen MR) is 176 cm³/mol. The number of carbonyl (C=O) groups excluding carboxylic acids is 1. The molecule has 3 aromatic carbocycles. The molecule has 1 amide bonds. The lowest BCUT2D eigenvalue weighted by Crippen LogP contribution is -2.35. The molecule has 0 bridgehead atoms. The Morgan fingerprint density at radius 2 is 1.74 bits per heavy atom. The molecule has 228 valence electrons. The first-order chi connectivity index (χ1) is 21.0. The molecule has 1 saturated heterocycles. The van der Waals surface area contributed by atoms with Crippen LogP contribution in [0.5, 0.6) is 5.75 Å². The Morgan fingerprint density at radius 3 is 2.53 bits per heavy atom. The van der Waals surface area contributed by atoms with Crippen LogP contribution in [0.15, 0.2) is 72.8 Å². The lowest BCUT2D eigenvalue weighted by atomic mass is 9.92. The molecule has 0 atom stereocenters. The van der Waals surface area contributed by atoms with E-state index in [4.69, 9.17) is 21.3 Å². The van der Waals surface area contributed by atoms with E-state index in [1.807, 2.05) is 30.3 Å². The summed E-state index contributed by atoms with van der Waals surface area (Å²) in [6, 6.07) is 24.4. The number of aryl methyl sites for hydroxylation is 3. The number of hydrogen-bond donors (Lipinski definition) is 1. The van der Waals surface area contributed by atoms with Crippen LogP contribution in [0.2, 0.25) is 5.02 Å². The number of imidazole rings is 1. The fourth-order valence-corrected chi connectivity index (χ4v) is 6.25. The van der Waals surface area contributed by atoms with Crippen molar-refractivity contribution in [3.63, 3.8) is 0 Å². The van der Waals surface area contributed by atoms with Gasteiger partial charge in [-0.15, -0.1) is 0 Å². The highest BCUT2D eigenvalue weighted by molar-refractivity contribution is 6.30. The Kier molecular flexibility index (Phi) is 11.5. The Morgan fingerprint density at radius 1 is 0.953 bits per heavy atom. The summed E-state index contributed by atoms with van der Waals surface area (Å²) in [5.74, 6) is 2.71. The Balaban J connectivity index is 1.00. The summed E-state index contributed by atoms with van der Waals surface area (Å²) in [7, 11) is 0. The van der Waals surface area contributed by atoms with Gasteiger partial charge in [0.2, 0.25) is 5.91 Å². The fourth-order valence-electron chi connectivity index (χ4n) is 6.13. The number of hydrogen-bond acceptors (Lipinski definition) is 4. The topological polar surface area (TPSA) is 59.4 Å². The summed E-state index contributed by atoms with van der Waals surface area (Å²) < 4.78 is 8.43. The predicted octanol–water partition coefficient (Wildman–Crippen LogP) is 7.60. The lowest BCUT2D eigenvalue weighted by Gasteiger charge is -2.32. The van der Waals surface area contributed by atoms with Crippen molar-refractivity contribution >= 4 is 28.5 Å². The fraction of sp³-hybridized carbons (Fsp3) is 0.444. The van der Waals surface area contributed by atoms with E-state index in [0.29, 0.717) is 18.1 Å². The summed E-state index contributed by atoms with van der Waals surface area (Å²) >= 11 is 6.03. The van der Waals surface area contributed by atoms with Crippen LogP contribution in [0, 0.1) is 12.8 Å². The second-order valence-electron chi connectivity index (χ2n) is 11.8. The van der Waals surface area contributed by atoms with Crippen LogP contribution >= 0.6 is 11.6 Å². The highest BCUT2D eigenvalue weighted by atomic mass is 35.5. The van der Waals surface area contributed by atoms with Crippen molar-refractivity contribution in [1.82, 2.24) is 19.8 Å². The molecule has 1 aromatic heterocycles. The van der Waals surface area contributed by atoms with Gasteiger partial charge in [0.05, 0.1) is 11.0 Å². The van der Waals surface area contributed by atoms with Crippen LogP contribution < -0.4 is 10.1 Å².